The summed E-state index contributed by atoms with van der Waals surface area (Å²) < 4.78 is 0. The number of likely N-dealkylation sites (tertiary alicyclic amines) is 1. The molecule has 1 aromatic carbocycles. The van der Waals surface area contributed by atoms with Gasteiger partial charge in [-0.15, -0.1) is 0 Å². The number of carbonyl (C=O) groups is 3. The number of amides is 2. The van der Waals surface area contributed by atoms with Crippen molar-refractivity contribution in [3.63, 3.8) is 0 Å². The Morgan fingerprint density at radius 3 is 2.60 bits per heavy atom. The molecule has 0 radical (unpaired) electrons. The van der Waals surface area contributed by atoms with Crippen LogP contribution in [-0.4, -0.2) is 57.6 Å². The molecular weight excluding hydrogens is 371 g/mol. The molecule has 25 heavy (non-hydrogen) atoms. The smallest absolute Gasteiger partial charge is 0.326 e. The van der Waals surface area contributed by atoms with Crippen molar-refractivity contribution in [3.05, 3.63) is 33.8 Å². The maximum absolute atomic E-state index is 12.4. The van der Waals surface area contributed by atoms with Crippen LogP contribution in [0.4, 0.5) is 0 Å². The average Bonchev–Trinajstić information content (AvgIpc) is 2.91. The van der Waals surface area contributed by atoms with Crippen molar-refractivity contribution in [3.8, 4) is 0 Å². The number of rotatable bonds is 5. The molecule has 7 nitrogen and oxygen atoms in total. The number of aliphatic carboxylic acids is 1. The molecule has 0 spiro atoms. The van der Waals surface area contributed by atoms with Gasteiger partial charge in [-0.05, 0) is 17.7 Å². The van der Waals surface area contributed by atoms with Gasteiger partial charge in [0.2, 0.25) is 11.8 Å². The Kier molecular flexibility index (Phi) is 6.26. The fourth-order valence-corrected chi connectivity index (χ4v) is 3.27. The zero-order valence-corrected chi connectivity index (χ0v) is 14.9. The molecule has 1 aromatic rings. The highest BCUT2D eigenvalue weighted by atomic mass is 35.5. The molecule has 1 aliphatic rings. The van der Waals surface area contributed by atoms with Crippen molar-refractivity contribution in [2.24, 2.45) is 0 Å². The monoisotopic (exact) mass is 388 g/mol. The van der Waals surface area contributed by atoms with Crippen LogP contribution in [-0.2, 0) is 20.8 Å². The van der Waals surface area contributed by atoms with Crippen LogP contribution < -0.4 is 5.32 Å². The molecule has 0 saturated carbocycles. The quantitative estimate of drug-likeness (QED) is 0.699. The number of aliphatic hydroxyl groups excluding tert-OH is 1. The number of β-amino-alcohol motifs (C(OH)–C–C–N with tert-alkyl or cyclic N) is 1. The Morgan fingerprint density at radius 2 is 2.04 bits per heavy atom. The van der Waals surface area contributed by atoms with E-state index in [0.29, 0.717) is 15.6 Å². The molecule has 0 bridgehead atoms. The van der Waals surface area contributed by atoms with Crippen molar-refractivity contribution in [2.75, 3.05) is 6.54 Å². The van der Waals surface area contributed by atoms with E-state index in [9.17, 15) is 24.6 Å². The first-order valence-electron chi connectivity index (χ1n) is 7.61. The predicted molar refractivity (Wildman–Crippen MR) is 91.5 cm³/mol. The molecule has 1 saturated heterocycles. The Hall–Kier alpha value is -1.83. The van der Waals surface area contributed by atoms with Crippen molar-refractivity contribution >= 4 is 41.0 Å². The summed E-state index contributed by atoms with van der Waals surface area (Å²) in [6.45, 7) is 1.34. The predicted octanol–water partition coefficient (Wildman–Crippen LogP) is 1.09. The highest BCUT2D eigenvalue weighted by Crippen LogP contribution is 2.23. The Labute approximate surface area is 154 Å². The zero-order valence-electron chi connectivity index (χ0n) is 13.4. The van der Waals surface area contributed by atoms with E-state index in [4.69, 9.17) is 23.2 Å². The summed E-state index contributed by atoms with van der Waals surface area (Å²) >= 11 is 11.9. The van der Waals surface area contributed by atoms with Gasteiger partial charge in [-0.25, -0.2) is 4.79 Å². The molecule has 0 aromatic heterocycles. The number of carboxylic acids is 1. The van der Waals surface area contributed by atoms with Crippen molar-refractivity contribution in [2.45, 2.75) is 38.0 Å². The second-order valence-electron chi connectivity index (χ2n) is 5.92. The Balaban J connectivity index is 2.12. The number of hydrogen-bond donors (Lipinski definition) is 3. The number of halogens is 2. The molecule has 2 amide bonds. The number of nitrogens with one attached hydrogen (secondary N) is 1. The van der Waals surface area contributed by atoms with Gasteiger partial charge >= 0.3 is 5.97 Å². The van der Waals surface area contributed by atoms with Gasteiger partial charge in [0, 0.05) is 36.4 Å². The minimum absolute atomic E-state index is 0.0353. The van der Waals surface area contributed by atoms with E-state index >= 15 is 0 Å². The first-order chi connectivity index (χ1) is 11.7. The molecule has 3 N–H and O–H groups in total. The van der Waals surface area contributed by atoms with Crippen LogP contribution in [0.15, 0.2) is 18.2 Å². The SMILES string of the molecule is CC(=O)N1C[C@H](O)C[C@H]1C(=O)N[C@H](Cc1ccc(Cl)cc1Cl)C(=O)O. The number of nitrogens with zero attached hydrogens (tertiary/aromatic N) is 1. The van der Waals surface area contributed by atoms with Crippen molar-refractivity contribution < 1.29 is 24.6 Å². The lowest BCUT2D eigenvalue weighted by atomic mass is 10.0. The van der Waals surface area contributed by atoms with Crippen molar-refractivity contribution in [1.29, 1.82) is 0 Å². The van der Waals surface area contributed by atoms with Gasteiger partial charge in [0.15, 0.2) is 0 Å². The highest BCUT2D eigenvalue weighted by molar-refractivity contribution is 6.35. The molecule has 1 heterocycles. The summed E-state index contributed by atoms with van der Waals surface area (Å²) in [5.41, 5.74) is 0.522. The summed E-state index contributed by atoms with van der Waals surface area (Å²) in [5.74, 6) is -2.21. The van der Waals surface area contributed by atoms with Gasteiger partial charge in [-0.1, -0.05) is 29.3 Å². The summed E-state index contributed by atoms with van der Waals surface area (Å²) in [6, 6.07) is 2.54. The number of hydrogen-bond acceptors (Lipinski definition) is 4. The molecule has 0 aliphatic carbocycles. The molecule has 2 rings (SSSR count). The van der Waals surface area contributed by atoms with Crippen molar-refractivity contribution in [1.82, 2.24) is 10.2 Å². The molecule has 1 aliphatic heterocycles. The van der Waals surface area contributed by atoms with Gasteiger partial charge in [-0.2, -0.15) is 0 Å². The Morgan fingerprint density at radius 1 is 1.36 bits per heavy atom. The molecular formula is C16H18Cl2N2O5. The minimum atomic E-state index is -1.23. The van der Waals surface area contributed by atoms with E-state index in [2.05, 4.69) is 5.32 Å². The number of benzene rings is 1. The zero-order chi connectivity index (χ0) is 18.7. The second-order valence-corrected chi connectivity index (χ2v) is 6.76. The fraction of sp³-hybridized carbons (Fsp3) is 0.438. The van der Waals surface area contributed by atoms with Crippen LogP contribution in [0.5, 0.6) is 0 Å². The lowest BCUT2D eigenvalue weighted by Crippen LogP contribution is -2.51. The first-order valence-corrected chi connectivity index (χ1v) is 8.37. The van der Waals surface area contributed by atoms with Gasteiger partial charge in [0.25, 0.3) is 0 Å². The van der Waals surface area contributed by atoms with E-state index in [0.717, 1.165) is 0 Å². The summed E-state index contributed by atoms with van der Waals surface area (Å²) in [4.78, 5) is 36.7. The van der Waals surface area contributed by atoms with Crippen LogP contribution in [0, 0.1) is 0 Å². The van der Waals surface area contributed by atoms with Gasteiger partial charge in [-0.3, -0.25) is 9.59 Å². The maximum Gasteiger partial charge on any atom is 0.326 e. The van der Waals surface area contributed by atoms with E-state index in [1.165, 1.54) is 17.9 Å². The summed E-state index contributed by atoms with van der Waals surface area (Å²) in [5, 5.41) is 22.2. The molecule has 9 heteroatoms. The van der Waals surface area contributed by atoms with Crippen LogP contribution in [0.25, 0.3) is 0 Å². The van der Waals surface area contributed by atoms with Gasteiger partial charge in [0.1, 0.15) is 12.1 Å². The third-order valence-electron chi connectivity index (χ3n) is 4.04. The fourth-order valence-electron chi connectivity index (χ4n) is 2.79. The van der Waals surface area contributed by atoms with E-state index < -0.39 is 30.1 Å². The second kappa shape index (κ2) is 8.03. The van der Waals surface area contributed by atoms with Crippen LogP contribution in [0.3, 0.4) is 0 Å². The summed E-state index contributed by atoms with van der Waals surface area (Å²) in [7, 11) is 0. The lowest BCUT2D eigenvalue weighted by Gasteiger charge is -2.24. The normalized spacial score (nSPS) is 21.0. The maximum atomic E-state index is 12.4. The Bertz CT molecular complexity index is 697. The van der Waals surface area contributed by atoms with E-state index in [1.54, 1.807) is 12.1 Å². The van der Waals surface area contributed by atoms with E-state index in [1.807, 2.05) is 0 Å². The third-order valence-corrected chi connectivity index (χ3v) is 4.63. The third kappa shape index (κ3) is 4.84. The van der Waals surface area contributed by atoms with Gasteiger partial charge in [0.05, 0.1) is 6.10 Å². The van der Waals surface area contributed by atoms with Crippen LogP contribution >= 0.6 is 23.2 Å². The van der Waals surface area contributed by atoms with Crippen LogP contribution in [0.2, 0.25) is 10.0 Å². The molecule has 1 fully saturated rings. The highest BCUT2D eigenvalue weighted by Gasteiger charge is 2.38. The standard InChI is InChI=1S/C16H18Cl2N2O5/c1-8(21)20-7-11(22)6-14(20)15(23)19-13(16(24)25)4-9-2-3-10(17)5-12(9)18/h2-3,5,11,13-14,22H,4,6-7H2,1H3,(H,19,23)(H,24,25)/t11-,13-,14+/m1/s1. The largest absolute Gasteiger partial charge is 0.480 e. The van der Waals surface area contributed by atoms with Gasteiger partial charge < -0.3 is 20.4 Å². The molecule has 0 unspecified atom stereocenters. The minimum Gasteiger partial charge on any atom is -0.480 e. The number of carboxylic acid groups (broad SMARTS) is 1. The number of aliphatic hydroxyl groups is 1. The van der Waals surface area contributed by atoms with E-state index in [-0.39, 0.29) is 25.3 Å². The lowest BCUT2D eigenvalue weighted by molar-refractivity contribution is -0.143. The number of carbonyl (C=O) groups excluding carboxylic acids is 2. The van der Waals surface area contributed by atoms with Crippen LogP contribution in [0.1, 0.15) is 18.9 Å². The summed E-state index contributed by atoms with van der Waals surface area (Å²) in [6.07, 6.45) is -0.778. The topological polar surface area (TPSA) is 107 Å². The first kappa shape index (κ1) is 19.5. The average molecular weight is 389 g/mol. The molecule has 136 valence electrons. The molecule has 3 atom stereocenters.